The number of carbonyl (C=O) groups excluding carboxylic acids is 1. The first-order valence-electron chi connectivity index (χ1n) is 6.17. The third-order valence-electron chi connectivity index (χ3n) is 3.07. The van der Waals surface area contributed by atoms with Crippen LogP contribution in [-0.4, -0.2) is 16.2 Å². The second-order valence-electron chi connectivity index (χ2n) is 4.62. The van der Waals surface area contributed by atoms with E-state index < -0.39 is 17.1 Å². The fourth-order valence-electron chi connectivity index (χ4n) is 2.26. The van der Waals surface area contributed by atoms with E-state index in [1.807, 2.05) is 18.2 Å². The molecule has 1 heterocycles. The number of amides is 1. The zero-order valence-electron chi connectivity index (χ0n) is 10.7. The van der Waals surface area contributed by atoms with Gasteiger partial charge in [-0.2, -0.15) is 0 Å². The van der Waals surface area contributed by atoms with E-state index in [0.29, 0.717) is 5.75 Å². The van der Waals surface area contributed by atoms with E-state index in [9.17, 15) is 9.35 Å². The van der Waals surface area contributed by atoms with Gasteiger partial charge in [0.25, 0.3) is 5.91 Å². The van der Waals surface area contributed by atoms with Crippen molar-refractivity contribution < 1.29 is 9.35 Å². The minimum atomic E-state index is -1.24. The van der Waals surface area contributed by atoms with Crippen molar-refractivity contribution in [2.45, 2.75) is 5.75 Å². The first kappa shape index (κ1) is 13.4. The van der Waals surface area contributed by atoms with Crippen LogP contribution in [0.1, 0.15) is 5.56 Å². The number of rotatable bonds is 4. The molecule has 3 rings (SSSR count). The molecule has 3 aromatic rings. The molecule has 1 aromatic heterocycles. The van der Waals surface area contributed by atoms with Gasteiger partial charge in [-0.25, -0.2) is 0 Å². The Morgan fingerprint density at radius 3 is 2.70 bits per heavy atom. The van der Waals surface area contributed by atoms with E-state index in [-0.39, 0.29) is 5.75 Å². The average molecular weight is 303 g/mol. The summed E-state index contributed by atoms with van der Waals surface area (Å²) in [6, 6.07) is 14.3. The highest BCUT2D eigenvalue weighted by molar-refractivity contribution is 7.91. The monoisotopic (exact) mass is 303 g/mol. The van der Waals surface area contributed by atoms with Gasteiger partial charge in [0.05, 0.1) is 0 Å². The van der Waals surface area contributed by atoms with Crippen molar-refractivity contribution >= 4 is 48.6 Å². The van der Waals surface area contributed by atoms with Crippen LogP contribution < -0.4 is 5.73 Å². The molecule has 0 saturated heterocycles. The van der Waals surface area contributed by atoms with Crippen LogP contribution in [0.15, 0.2) is 42.5 Å². The van der Waals surface area contributed by atoms with E-state index in [0.717, 1.165) is 5.56 Å². The summed E-state index contributed by atoms with van der Waals surface area (Å²) in [6.07, 6.45) is 0. The molecule has 0 bridgehead atoms. The molecule has 0 spiro atoms. The number of carbonyl (C=O) groups is 1. The number of benzene rings is 2. The summed E-state index contributed by atoms with van der Waals surface area (Å²) in [6.45, 7) is 0. The number of hydrogen-bond donors (Lipinski definition) is 1. The summed E-state index contributed by atoms with van der Waals surface area (Å²) in [5.41, 5.74) is 6.04. The molecule has 102 valence electrons. The lowest BCUT2D eigenvalue weighted by Gasteiger charge is -2.08. The Kier molecular flexibility index (Phi) is 3.65. The Morgan fingerprint density at radius 2 is 1.90 bits per heavy atom. The Morgan fingerprint density at radius 1 is 1.15 bits per heavy atom. The molecule has 0 fully saturated rings. The predicted octanol–water partition coefficient (Wildman–Crippen LogP) is 2.79. The molecule has 3 nitrogen and oxygen atoms in total. The van der Waals surface area contributed by atoms with E-state index in [4.69, 9.17) is 5.73 Å². The molecule has 1 amide bonds. The fraction of sp³-hybridized carbons (Fsp3) is 0.133. The lowest BCUT2D eigenvalue weighted by atomic mass is 10.1. The minimum Gasteiger partial charge on any atom is -0.616 e. The Bertz CT molecular complexity index is 782. The number of primary amides is 1. The van der Waals surface area contributed by atoms with Crippen LogP contribution in [0.25, 0.3) is 20.2 Å². The first-order valence-corrected chi connectivity index (χ1v) is 8.47. The summed E-state index contributed by atoms with van der Waals surface area (Å²) in [4.78, 5) is 10.8. The molecular formula is C15H13NO2S2. The molecule has 20 heavy (non-hydrogen) atoms. The smallest absolute Gasteiger partial charge is 0.267 e. The van der Waals surface area contributed by atoms with Gasteiger partial charge < -0.3 is 10.3 Å². The lowest BCUT2D eigenvalue weighted by Crippen LogP contribution is -2.24. The average Bonchev–Trinajstić information content (AvgIpc) is 2.76. The van der Waals surface area contributed by atoms with E-state index in [1.54, 1.807) is 11.3 Å². The molecule has 5 heteroatoms. The third-order valence-corrected chi connectivity index (χ3v) is 5.49. The number of thiophene rings is 1. The highest BCUT2D eigenvalue weighted by atomic mass is 32.2. The van der Waals surface area contributed by atoms with Crippen LogP contribution >= 0.6 is 11.3 Å². The Balaban J connectivity index is 1.97. The molecule has 1 unspecified atom stereocenters. The van der Waals surface area contributed by atoms with Crippen molar-refractivity contribution in [3.05, 3.63) is 48.0 Å². The molecule has 0 aliphatic heterocycles. The maximum absolute atomic E-state index is 11.8. The maximum atomic E-state index is 11.8. The van der Waals surface area contributed by atoms with Crippen molar-refractivity contribution in [1.29, 1.82) is 0 Å². The second kappa shape index (κ2) is 5.44. The summed E-state index contributed by atoms with van der Waals surface area (Å²) >= 11 is 0.513. The van der Waals surface area contributed by atoms with Crippen molar-refractivity contribution in [3.63, 3.8) is 0 Å². The number of nitrogens with two attached hydrogens (primary N) is 1. The normalized spacial score (nSPS) is 12.8. The van der Waals surface area contributed by atoms with Gasteiger partial charge in [0.15, 0.2) is 5.75 Å². The molecule has 2 N–H and O–H groups in total. The largest absolute Gasteiger partial charge is 0.616 e. The van der Waals surface area contributed by atoms with Gasteiger partial charge in [-0.15, -0.1) is 11.3 Å². The van der Waals surface area contributed by atoms with Gasteiger partial charge in [-0.05, 0) is 29.4 Å². The standard InChI is InChI=1S/C15H13NO2S2/c16-15(17)9-20(18)8-10-5-6-14-12(7-10)11-3-1-2-4-13(11)19-14/h1-7H,8-9H2,(H2,16,17). The van der Waals surface area contributed by atoms with Gasteiger partial charge in [0.2, 0.25) is 0 Å². The molecule has 2 aromatic carbocycles. The molecule has 0 aliphatic rings. The fourth-order valence-corrected chi connectivity index (χ4v) is 4.32. The number of fused-ring (bicyclic) bond motifs is 3. The van der Waals surface area contributed by atoms with Gasteiger partial charge in [-0.1, -0.05) is 24.3 Å². The van der Waals surface area contributed by atoms with Crippen LogP contribution in [0.4, 0.5) is 0 Å². The van der Waals surface area contributed by atoms with Crippen LogP contribution in [0, 0.1) is 0 Å². The van der Waals surface area contributed by atoms with Gasteiger partial charge in [-0.3, -0.25) is 4.79 Å². The van der Waals surface area contributed by atoms with Gasteiger partial charge in [0.1, 0.15) is 5.75 Å². The van der Waals surface area contributed by atoms with E-state index in [2.05, 4.69) is 24.3 Å². The Labute approximate surface area is 123 Å². The molecule has 0 radical (unpaired) electrons. The van der Waals surface area contributed by atoms with Crippen LogP contribution in [0.5, 0.6) is 0 Å². The van der Waals surface area contributed by atoms with Crippen molar-refractivity contribution in [2.24, 2.45) is 5.73 Å². The lowest BCUT2D eigenvalue weighted by molar-refractivity contribution is -0.115. The summed E-state index contributed by atoms with van der Waals surface area (Å²) in [5, 5.41) is 2.40. The summed E-state index contributed by atoms with van der Waals surface area (Å²) < 4.78 is 14.2. The minimum absolute atomic E-state index is 0.0809. The van der Waals surface area contributed by atoms with Crippen LogP contribution in [0.2, 0.25) is 0 Å². The van der Waals surface area contributed by atoms with Gasteiger partial charge >= 0.3 is 0 Å². The van der Waals surface area contributed by atoms with Crippen molar-refractivity contribution in [1.82, 2.24) is 0 Å². The van der Waals surface area contributed by atoms with Crippen molar-refractivity contribution in [3.8, 4) is 0 Å². The summed E-state index contributed by atoms with van der Waals surface area (Å²) in [5.74, 6) is -0.240. The van der Waals surface area contributed by atoms with Gasteiger partial charge in [0, 0.05) is 25.7 Å². The third kappa shape index (κ3) is 2.65. The topological polar surface area (TPSA) is 66.2 Å². The van der Waals surface area contributed by atoms with Crippen molar-refractivity contribution in [2.75, 3.05) is 5.75 Å². The second-order valence-corrected chi connectivity index (χ2v) is 7.16. The maximum Gasteiger partial charge on any atom is 0.267 e. The molecular weight excluding hydrogens is 290 g/mol. The summed E-state index contributed by atoms with van der Waals surface area (Å²) in [7, 11) is 0. The zero-order valence-corrected chi connectivity index (χ0v) is 12.3. The zero-order chi connectivity index (χ0) is 14.1. The van der Waals surface area contributed by atoms with E-state index >= 15 is 0 Å². The van der Waals surface area contributed by atoms with Crippen LogP contribution in [0.3, 0.4) is 0 Å². The SMILES string of the molecule is NC(=O)C[S+]([O-])Cc1ccc2sc3ccccc3c2c1. The molecule has 1 atom stereocenters. The highest BCUT2D eigenvalue weighted by Gasteiger charge is 2.12. The quantitative estimate of drug-likeness (QED) is 0.753. The van der Waals surface area contributed by atoms with E-state index in [1.165, 1.54) is 20.2 Å². The molecule has 0 aliphatic carbocycles. The predicted molar refractivity (Wildman–Crippen MR) is 85.2 cm³/mol. The highest BCUT2D eigenvalue weighted by Crippen LogP contribution is 2.34. The molecule has 0 saturated carbocycles. The first-order chi connectivity index (χ1) is 9.63. The van der Waals surface area contributed by atoms with Crippen LogP contribution in [-0.2, 0) is 21.7 Å². The number of hydrogen-bond acceptors (Lipinski definition) is 3. The Hall–Kier alpha value is -1.56.